The Morgan fingerprint density at radius 2 is 1.97 bits per heavy atom. The molecule has 1 aromatic heterocycles. The van der Waals surface area contributed by atoms with Gasteiger partial charge in [0, 0.05) is 23.5 Å². The van der Waals surface area contributed by atoms with Crippen molar-refractivity contribution in [3.05, 3.63) is 51.7 Å². The second-order valence-electron chi connectivity index (χ2n) is 8.74. The first-order valence-electron chi connectivity index (χ1n) is 11.0. The van der Waals surface area contributed by atoms with E-state index < -0.39 is 0 Å². The Kier molecular flexibility index (Phi) is 6.51. The topological polar surface area (TPSA) is 61.9 Å². The van der Waals surface area contributed by atoms with Gasteiger partial charge in [0.1, 0.15) is 18.9 Å². The predicted octanol–water partition coefficient (Wildman–Crippen LogP) is 4.14. The molecule has 7 heteroatoms. The number of carbonyl (C=O) groups excluding carboxylic acids is 2. The smallest absolute Gasteiger partial charge is 0.318 e. The van der Waals surface area contributed by atoms with Crippen LogP contribution in [0.4, 0.5) is 4.79 Å². The van der Waals surface area contributed by atoms with E-state index in [1.807, 2.05) is 49.9 Å². The SMILES string of the molecule is Cc1ccc(OC[C@H]2c3ccsc3CCN2C(=O)CN(C(=O)NC(C)C)C2CC2)cc1. The van der Waals surface area contributed by atoms with E-state index in [9.17, 15) is 9.59 Å². The van der Waals surface area contributed by atoms with E-state index >= 15 is 0 Å². The number of nitrogens with one attached hydrogen (secondary N) is 1. The minimum Gasteiger partial charge on any atom is -0.491 e. The summed E-state index contributed by atoms with van der Waals surface area (Å²) in [6, 6.07) is 10.0. The van der Waals surface area contributed by atoms with Crippen LogP contribution in [0.1, 0.15) is 48.7 Å². The third-order valence-corrected chi connectivity index (χ3v) is 6.81. The summed E-state index contributed by atoms with van der Waals surface area (Å²) in [5.74, 6) is 0.788. The molecule has 0 bridgehead atoms. The lowest BCUT2D eigenvalue weighted by Gasteiger charge is -2.37. The van der Waals surface area contributed by atoms with Crippen LogP contribution in [0.2, 0.25) is 0 Å². The number of ether oxygens (including phenoxy) is 1. The molecule has 166 valence electrons. The van der Waals surface area contributed by atoms with E-state index in [4.69, 9.17) is 4.74 Å². The average molecular weight is 442 g/mol. The van der Waals surface area contributed by atoms with Gasteiger partial charge < -0.3 is 19.9 Å². The highest BCUT2D eigenvalue weighted by atomic mass is 32.1. The van der Waals surface area contributed by atoms with Gasteiger partial charge in [0.25, 0.3) is 0 Å². The molecule has 3 amide bonds. The van der Waals surface area contributed by atoms with Gasteiger partial charge in [-0.1, -0.05) is 17.7 Å². The van der Waals surface area contributed by atoms with E-state index in [1.165, 1.54) is 16.0 Å². The molecule has 4 rings (SSSR count). The standard InChI is InChI=1S/C24H31N3O3S/c1-16(2)25-24(29)27(18-6-7-18)14-23(28)26-12-10-22-20(11-13-31-22)21(26)15-30-19-8-4-17(3)5-9-19/h4-5,8-9,11,13,16,18,21H,6-7,10,12,14-15H2,1-3H3,(H,25,29)/t21-/m0/s1. The van der Waals surface area contributed by atoms with Crippen LogP contribution >= 0.6 is 11.3 Å². The molecule has 1 saturated carbocycles. The van der Waals surface area contributed by atoms with Crippen LogP contribution in [0.3, 0.4) is 0 Å². The fourth-order valence-corrected chi connectivity index (χ4v) is 4.93. The van der Waals surface area contributed by atoms with Gasteiger partial charge in [-0.05, 0) is 69.2 Å². The van der Waals surface area contributed by atoms with Crippen LogP contribution < -0.4 is 10.1 Å². The van der Waals surface area contributed by atoms with E-state index in [0.717, 1.165) is 25.0 Å². The zero-order chi connectivity index (χ0) is 22.0. The number of hydrogen-bond donors (Lipinski definition) is 1. The lowest BCUT2D eigenvalue weighted by atomic mass is 10.0. The van der Waals surface area contributed by atoms with Crippen LogP contribution in [0.25, 0.3) is 0 Å². The van der Waals surface area contributed by atoms with Gasteiger partial charge >= 0.3 is 6.03 Å². The maximum Gasteiger partial charge on any atom is 0.318 e. The van der Waals surface area contributed by atoms with Gasteiger partial charge in [0.15, 0.2) is 0 Å². The molecule has 0 unspecified atom stereocenters. The maximum atomic E-state index is 13.4. The highest BCUT2D eigenvalue weighted by molar-refractivity contribution is 7.10. The first-order valence-corrected chi connectivity index (χ1v) is 11.9. The van der Waals surface area contributed by atoms with Crippen molar-refractivity contribution in [2.75, 3.05) is 19.7 Å². The highest BCUT2D eigenvalue weighted by Gasteiger charge is 2.38. The van der Waals surface area contributed by atoms with Gasteiger partial charge in [-0.15, -0.1) is 11.3 Å². The largest absolute Gasteiger partial charge is 0.491 e. The molecule has 1 aliphatic carbocycles. The molecule has 2 aliphatic rings. The average Bonchev–Trinajstić information content (AvgIpc) is 3.46. The Morgan fingerprint density at radius 1 is 1.23 bits per heavy atom. The lowest BCUT2D eigenvalue weighted by molar-refractivity contribution is -0.135. The second-order valence-corrected chi connectivity index (χ2v) is 9.74. The Balaban J connectivity index is 1.48. The number of carbonyl (C=O) groups is 2. The van der Waals surface area contributed by atoms with Crippen LogP contribution in [-0.2, 0) is 11.2 Å². The monoisotopic (exact) mass is 441 g/mol. The number of aryl methyl sites for hydroxylation is 1. The van der Waals surface area contributed by atoms with Crippen molar-refractivity contribution in [1.82, 2.24) is 15.1 Å². The summed E-state index contributed by atoms with van der Waals surface area (Å²) in [5.41, 5.74) is 2.35. The van der Waals surface area contributed by atoms with E-state index in [1.54, 1.807) is 16.2 Å². The Bertz CT molecular complexity index is 920. The molecule has 2 aromatic rings. The fourth-order valence-electron chi connectivity index (χ4n) is 4.00. The van der Waals surface area contributed by atoms with Gasteiger partial charge in [-0.3, -0.25) is 4.79 Å². The zero-order valence-electron chi connectivity index (χ0n) is 18.5. The highest BCUT2D eigenvalue weighted by Crippen LogP contribution is 2.34. The Hall–Kier alpha value is -2.54. The van der Waals surface area contributed by atoms with E-state index in [-0.39, 0.29) is 36.6 Å². The molecule has 1 fully saturated rings. The number of benzene rings is 1. The number of rotatable bonds is 7. The third kappa shape index (κ3) is 5.21. The minimum absolute atomic E-state index is 0.0137. The lowest BCUT2D eigenvalue weighted by Crippen LogP contribution is -2.51. The molecule has 1 aliphatic heterocycles. The summed E-state index contributed by atoms with van der Waals surface area (Å²) in [5, 5.41) is 5.03. The van der Waals surface area contributed by atoms with E-state index in [0.29, 0.717) is 13.2 Å². The molecule has 1 N–H and O–H groups in total. The number of nitrogens with zero attached hydrogens (tertiary/aromatic N) is 2. The fraction of sp³-hybridized carbons (Fsp3) is 0.500. The summed E-state index contributed by atoms with van der Waals surface area (Å²) >= 11 is 1.74. The molecular weight excluding hydrogens is 410 g/mol. The number of fused-ring (bicyclic) bond motifs is 1. The van der Waals surface area contributed by atoms with Crippen LogP contribution in [0.15, 0.2) is 35.7 Å². The quantitative estimate of drug-likeness (QED) is 0.702. The normalized spacial score (nSPS) is 17.9. The number of urea groups is 1. The molecule has 0 saturated heterocycles. The van der Waals surface area contributed by atoms with Crippen molar-refractivity contribution >= 4 is 23.3 Å². The number of thiophene rings is 1. The summed E-state index contributed by atoms with van der Waals surface area (Å²) in [7, 11) is 0. The van der Waals surface area contributed by atoms with Gasteiger partial charge in [0.2, 0.25) is 5.91 Å². The predicted molar refractivity (Wildman–Crippen MR) is 123 cm³/mol. The Morgan fingerprint density at radius 3 is 2.65 bits per heavy atom. The van der Waals surface area contributed by atoms with Gasteiger partial charge in [-0.2, -0.15) is 0 Å². The summed E-state index contributed by atoms with van der Waals surface area (Å²) in [6.07, 6.45) is 2.78. The third-order valence-electron chi connectivity index (χ3n) is 5.81. The Labute approximate surface area is 188 Å². The van der Waals surface area contributed by atoms with Crippen molar-refractivity contribution < 1.29 is 14.3 Å². The summed E-state index contributed by atoms with van der Waals surface area (Å²) in [6.45, 7) is 7.09. The van der Waals surface area contributed by atoms with Crippen LogP contribution in [0.5, 0.6) is 5.75 Å². The number of hydrogen-bond acceptors (Lipinski definition) is 4. The molecule has 0 radical (unpaired) electrons. The van der Waals surface area contributed by atoms with Crippen LogP contribution in [-0.4, -0.2) is 53.5 Å². The molecule has 1 atom stereocenters. The molecule has 1 aromatic carbocycles. The molecule has 2 heterocycles. The van der Waals surface area contributed by atoms with Crippen LogP contribution in [0, 0.1) is 6.92 Å². The molecule has 0 spiro atoms. The second kappa shape index (κ2) is 9.30. The van der Waals surface area contributed by atoms with Gasteiger partial charge in [0.05, 0.1) is 6.04 Å². The van der Waals surface area contributed by atoms with Crippen molar-refractivity contribution in [1.29, 1.82) is 0 Å². The van der Waals surface area contributed by atoms with E-state index in [2.05, 4.69) is 16.8 Å². The number of amides is 3. The summed E-state index contributed by atoms with van der Waals surface area (Å²) < 4.78 is 6.09. The zero-order valence-corrected chi connectivity index (χ0v) is 19.3. The van der Waals surface area contributed by atoms with Gasteiger partial charge in [-0.25, -0.2) is 4.79 Å². The molecule has 6 nitrogen and oxygen atoms in total. The van der Waals surface area contributed by atoms with Crippen molar-refractivity contribution in [2.24, 2.45) is 0 Å². The molecule has 31 heavy (non-hydrogen) atoms. The molecular formula is C24H31N3O3S. The van der Waals surface area contributed by atoms with Crippen molar-refractivity contribution in [3.8, 4) is 5.75 Å². The van der Waals surface area contributed by atoms with Crippen molar-refractivity contribution in [3.63, 3.8) is 0 Å². The minimum atomic E-state index is -0.147. The summed E-state index contributed by atoms with van der Waals surface area (Å²) in [4.78, 5) is 31.0. The maximum absolute atomic E-state index is 13.4. The first-order chi connectivity index (χ1) is 14.9. The first kappa shape index (κ1) is 21.7. The van der Waals surface area contributed by atoms with Crippen molar-refractivity contribution in [2.45, 2.75) is 58.2 Å².